The van der Waals surface area contributed by atoms with Gasteiger partial charge in [0.25, 0.3) is 0 Å². The molecule has 1 aromatic carbocycles. The van der Waals surface area contributed by atoms with Crippen LogP contribution in [0.15, 0.2) is 36.9 Å². The van der Waals surface area contributed by atoms with Crippen molar-refractivity contribution < 1.29 is 4.74 Å². The van der Waals surface area contributed by atoms with E-state index in [9.17, 15) is 0 Å². The van der Waals surface area contributed by atoms with Crippen LogP contribution in [0.1, 0.15) is 30.4 Å². The maximum absolute atomic E-state index is 5.61. The Hall–Kier alpha value is -1.50. The fraction of sp³-hybridized carbons (Fsp3) is 0.591. The minimum atomic E-state index is 0.668. The molecule has 6 heteroatoms. The van der Waals surface area contributed by atoms with Gasteiger partial charge in [-0.2, -0.15) is 11.8 Å². The van der Waals surface area contributed by atoms with Crippen molar-refractivity contribution in [3.63, 3.8) is 0 Å². The molecule has 2 fully saturated rings. The van der Waals surface area contributed by atoms with Gasteiger partial charge in [0.05, 0.1) is 20.0 Å². The smallest absolute Gasteiger partial charge is 0.123 e. The van der Waals surface area contributed by atoms with Crippen molar-refractivity contribution in [1.82, 2.24) is 19.4 Å². The summed E-state index contributed by atoms with van der Waals surface area (Å²) in [5, 5.41) is 0. The second-order valence-electron chi connectivity index (χ2n) is 8.04. The summed E-state index contributed by atoms with van der Waals surface area (Å²) in [4.78, 5) is 9.64. The lowest BCUT2D eigenvalue weighted by Crippen LogP contribution is -2.55. The summed E-state index contributed by atoms with van der Waals surface area (Å²) in [5.74, 6) is 2.20. The molecule has 2 aliphatic rings. The van der Waals surface area contributed by atoms with E-state index in [1.54, 1.807) is 7.11 Å². The summed E-state index contributed by atoms with van der Waals surface area (Å²) < 4.78 is 7.71. The normalized spacial score (nSPS) is 23.1. The molecule has 4 rings (SSSR count). The van der Waals surface area contributed by atoms with Crippen LogP contribution in [0.2, 0.25) is 0 Å². The first-order chi connectivity index (χ1) is 13.8. The Morgan fingerprint density at radius 1 is 1.25 bits per heavy atom. The number of benzene rings is 1. The Labute approximate surface area is 173 Å². The topological polar surface area (TPSA) is 33.5 Å². The van der Waals surface area contributed by atoms with E-state index in [2.05, 4.69) is 43.8 Å². The highest BCUT2D eigenvalue weighted by molar-refractivity contribution is 7.98. The van der Waals surface area contributed by atoms with E-state index in [-0.39, 0.29) is 0 Å². The Morgan fingerprint density at radius 2 is 2.18 bits per heavy atom. The molecule has 28 heavy (non-hydrogen) atoms. The summed E-state index contributed by atoms with van der Waals surface area (Å²) in [6.07, 6.45) is 11.9. The third-order valence-corrected chi connectivity index (χ3v) is 6.85. The molecular formula is C22H32N4OS. The van der Waals surface area contributed by atoms with Gasteiger partial charge in [0.15, 0.2) is 0 Å². The lowest BCUT2D eigenvalue weighted by molar-refractivity contribution is 0.0442. The molecule has 1 aromatic heterocycles. The first kappa shape index (κ1) is 19.8. The van der Waals surface area contributed by atoms with Gasteiger partial charge in [0.2, 0.25) is 0 Å². The highest BCUT2D eigenvalue weighted by Gasteiger charge is 2.35. The zero-order valence-electron chi connectivity index (χ0n) is 17.1. The molecule has 2 atom stereocenters. The molecule has 0 amide bonds. The van der Waals surface area contributed by atoms with Gasteiger partial charge < -0.3 is 9.30 Å². The summed E-state index contributed by atoms with van der Waals surface area (Å²) in [6.45, 7) is 5.57. The summed E-state index contributed by atoms with van der Waals surface area (Å²) >= 11 is 1.97. The number of ether oxygens (including phenoxy) is 1. The van der Waals surface area contributed by atoms with E-state index < -0.39 is 0 Å². The van der Waals surface area contributed by atoms with Gasteiger partial charge in [-0.1, -0.05) is 6.07 Å². The minimum Gasteiger partial charge on any atom is -0.496 e. The fourth-order valence-electron chi connectivity index (χ4n) is 4.73. The number of thioether (sulfide) groups is 1. The number of rotatable bonds is 8. The van der Waals surface area contributed by atoms with Crippen LogP contribution in [0, 0.1) is 0 Å². The van der Waals surface area contributed by atoms with Crippen molar-refractivity contribution in [2.45, 2.75) is 44.4 Å². The molecule has 152 valence electrons. The molecule has 0 aliphatic carbocycles. The van der Waals surface area contributed by atoms with E-state index in [1.165, 1.54) is 55.8 Å². The first-order valence-corrected chi connectivity index (χ1v) is 11.7. The number of aromatic nitrogens is 2. The van der Waals surface area contributed by atoms with Crippen molar-refractivity contribution in [2.24, 2.45) is 0 Å². The molecule has 0 bridgehead atoms. The van der Waals surface area contributed by atoms with Crippen molar-refractivity contribution in [3.05, 3.63) is 48.0 Å². The predicted molar refractivity (Wildman–Crippen MR) is 116 cm³/mol. The average Bonchev–Trinajstić information content (AvgIpc) is 3.38. The lowest BCUT2D eigenvalue weighted by atomic mass is 10.0. The number of nitrogens with zero attached hydrogens (tertiary/aromatic N) is 4. The van der Waals surface area contributed by atoms with E-state index in [0.29, 0.717) is 6.04 Å². The van der Waals surface area contributed by atoms with Gasteiger partial charge >= 0.3 is 0 Å². The minimum absolute atomic E-state index is 0.668. The van der Waals surface area contributed by atoms with Gasteiger partial charge in [-0.05, 0) is 55.5 Å². The van der Waals surface area contributed by atoms with Crippen LogP contribution in [0.5, 0.6) is 5.75 Å². The van der Waals surface area contributed by atoms with Gasteiger partial charge in [-0.3, -0.25) is 9.80 Å². The Morgan fingerprint density at radius 3 is 2.96 bits per heavy atom. The lowest BCUT2D eigenvalue weighted by Gasteiger charge is -2.44. The molecule has 3 heterocycles. The van der Waals surface area contributed by atoms with Crippen LogP contribution >= 0.6 is 11.8 Å². The third-order valence-electron chi connectivity index (χ3n) is 6.20. The zero-order chi connectivity index (χ0) is 19.3. The zero-order valence-corrected chi connectivity index (χ0v) is 17.9. The van der Waals surface area contributed by atoms with Crippen molar-refractivity contribution in [1.29, 1.82) is 0 Å². The quantitative estimate of drug-likeness (QED) is 0.679. The number of methoxy groups -OCH3 is 1. The SMILES string of the molecule is COc1ccc(CN2C[C@@H]3CCCN3C[C@H]2CCSC)cc1Cn1ccnc1. The van der Waals surface area contributed by atoms with Crippen molar-refractivity contribution in [2.75, 3.05) is 38.8 Å². The molecule has 0 radical (unpaired) electrons. The summed E-state index contributed by atoms with van der Waals surface area (Å²) in [7, 11) is 1.75. The summed E-state index contributed by atoms with van der Waals surface area (Å²) in [6, 6.07) is 8.12. The Kier molecular flexibility index (Phi) is 6.60. The van der Waals surface area contributed by atoms with Gasteiger partial charge in [0, 0.05) is 49.7 Å². The molecule has 2 aromatic rings. The number of fused-ring (bicyclic) bond motifs is 1. The van der Waals surface area contributed by atoms with Crippen molar-refractivity contribution >= 4 is 11.8 Å². The molecular weight excluding hydrogens is 368 g/mol. The monoisotopic (exact) mass is 400 g/mol. The summed E-state index contributed by atoms with van der Waals surface area (Å²) in [5.41, 5.74) is 2.61. The molecule has 5 nitrogen and oxygen atoms in total. The number of piperazine rings is 1. The van der Waals surface area contributed by atoms with Gasteiger partial charge in [0.1, 0.15) is 5.75 Å². The molecule has 0 unspecified atom stereocenters. The van der Waals surface area contributed by atoms with E-state index >= 15 is 0 Å². The molecule has 0 N–H and O–H groups in total. The second-order valence-corrected chi connectivity index (χ2v) is 9.02. The van der Waals surface area contributed by atoms with Crippen molar-refractivity contribution in [3.8, 4) is 5.75 Å². The van der Waals surface area contributed by atoms with Crippen LogP contribution in [0.3, 0.4) is 0 Å². The number of imidazole rings is 1. The maximum atomic E-state index is 5.61. The first-order valence-electron chi connectivity index (χ1n) is 10.4. The average molecular weight is 401 g/mol. The second kappa shape index (κ2) is 9.33. The Bertz CT molecular complexity index is 751. The van der Waals surface area contributed by atoms with E-state index in [4.69, 9.17) is 4.74 Å². The third kappa shape index (κ3) is 4.56. The standard InChI is InChI=1S/C22H32N4OS/c1-27-22-6-5-18(12-19(22)14-24-10-8-23-17-24)13-26-16-20-4-3-9-25(20)15-21(26)7-11-28-2/h5-6,8,10,12,17,20-21H,3-4,7,9,11,13-16H2,1-2H3/t20-,21+/m0/s1. The largest absolute Gasteiger partial charge is 0.496 e. The molecule has 2 saturated heterocycles. The highest BCUT2D eigenvalue weighted by atomic mass is 32.2. The number of hydrogen-bond acceptors (Lipinski definition) is 5. The maximum Gasteiger partial charge on any atom is 0.123 e. The highest BCUT2D eigenvalue weighted by Crippen LogP contribution is 2.29. The van der Waals surface area contributed by atoms with Crippen LogP contribution in [0.25, 0.3) is 0 Å². The molecule has 0 spiro atoms. The van der Waals surface area contributed by atoms with Crippen LogP contribution in [0.4, 0.5) is 0 Å². The predicted octanol–water partition coefficient (Wildman–Crippen LogP) is 3.34. The van der Waals surface area contributed by atoms with Gasteiger partial charge in [-0.25, -0.2) is 4.98 Å². The molecule has 0 saturated carbocycles. The van der Waals surface area contributed by atoms with E-state index in [1.807, 2.05) is 30.5 Å². The van der Waals surface area contributed by atoms with Crippen LogP contribution in [-0.4, -0.2) is 70.2 Å². The fourth-order valence-corrected chi connectivity index (χ4v) is 5.24. The van der Waals surface area contributed by atoms with Gasteiger partial charge in [-0.15, -0.1) is 0 Å². The number of hydrogen-bond donors (Lipinski definition) is 0. The van der Waals surface area contributed by atoms with E-state index in [0.717, 1.165) is 24.9 Å². The molecule has 2 aliphatic heterocycles. The Balaban J connectivity index is 1.50. The van der Waals surface area contributed by atoms with Crippen LogP contribution < -0.4 is 4.74 Å². The van der Waals surface area contributed by atoms with Crippen LogP contribution in [-0.2, 0) is 13.1 Å².